The third-order valence-corrected chi connectivity index (χ3v) is 3.88. The zero-order chi connectivity index (χ0) is 17.7. The summed E-state index contributed by atoms with van der Waals surface area (Å²) in [5, 5.41) is 9.70. The molecule has 4 nitrogen and oxygen atoms in total. The van der Waals surface area contributed by atoms with E-state index in [9.17, 15) is 9.59 Å². The molecule has 0 heterocycles. The van der Waals surface area contributed by atoms with Gasteiger partial charge in [-0.2, -0.15) is 0 Å². The second kappa shape index (κ2) is 7.49. The number of Topliss-reactive ketones (excluding diaryl/α,β-unsaturated/α-hetero) is 1. The summed E-state index contributed by atoms with van der Waals surface area (Å²) in [6.07, 6.45) is 0.295. The third kappa shape index (κ3) is 4.83. The number of carbonyl (C=O) groups is 2. The van der Waals surface area contributed by atoms with Crippen LogP contribution in [0.25, 0.3) is 0 Å². The Morgan fingerprint density at radius 1 is 1.04 bits per heavy atom. The van der Waals surface area contributed by atoms with Gasteiger partial charge in [0.25, 0.3) is 0 Å². The van der Waals surface area contributed by atoms with Crippen LogP contribution in [0.5, 0.6) is 5.75 Å². The smallest absolute Gasteiger partial charge is 0.312 e. The average Bonchev–Trinajstić information content (AvgIpc) is 2.55. The molecule has 0 fully saturated rings. The fourth-order valence-electron chi connectivity index (χ4n) is 1.95. The van der Waals surface area contributed by atoms with Crippen LogP contribution in [0.15, 0.2) is 48.5 Å². The number of carbonyl (C=O) groups excluding carboxylic acids is 1. The van der Waals surface area contributed by atoms with E-state index in [1.165, 1.54) is 0 Å². The Balaban J connectivity index is 1.97. The number of aliphatic carboxylic acids is 1. The normalized spacial score (nSPS) is 11.1. The van der Waals surface area contributed by atoms with Gasteiger partial charge in [0.15, 0.2) is 5.78 Å². The van der Waals surface area contributed by atoms with Crippen LogP contribution in [0, 0.1) is 5.41 Å². The van der Waals surface area contributed by atoms with Crippen LogP contribution in [0.2, 0.25) is 5.02 Å². The van der Waals surface area contributed by atoms with Gasteiger partial charge < -0.3 is 9.84 Å². The molecule has 5 heteroatoms. The maximum Gasteiger partial charge on any atom is 0.312 e. The first-order chi connectivity index (χ1) is 11.3. The van der Waals surface area contributed by atoms with Crippen molar-refractivity contribution in [2.45, 2.75) is 20.3 Å². The molecule has 0 spiro atoms. The summed E-state index contributed by atoms with van der Waals surface area (Å²) in [6, 6.07) is 13.9. The maximum atomic E-state index is 12.3. The van der Waals surface area contributed by atoms with E-state index in [0.29, 0.717) is 22.8 Å². The number of benzene rings is 2. The van der Waals surface area contributed by atoms with Gasteiger partial charge in [0.1, 0.15) is 12.4 Å². The number of ether oxygens (including phenoxy) is 1. The van der Waals surface area contributed by atoms with E-state index in [2.05, 4.69) is 0 Å². The van der Waals surface area contributed by atoms with Crippen LogP contribution in [0.1, 0.15) is 29.8 Å². The summed E-state index contributed by atoms with van der Waals surface area (Å²) in [4.78, 5) is 23.3. The zero-order valence-electron chi connectivity index (χ0n) is 13.6. The summed E-state index contributed by atoms with van der Waals surface area (Å²) in [5.74, 6) is -0.389. The fourth-order valence-corrected chi connectivity index (χ4v) is 2.08. The molecule has 0 bridgehead atoms. The van der Waals surface area contributed by atoms with Crippen molar-refractivity contribution in [3.05, 3.63) is 64.7 Å². The van der Waals surface area contributed by atoms with Crippen molar-refractivity contribution in [2.24, 2.45) is 5.41 Å². The van der Waals surface area contributed by atoms with Gasteiger partial charge in [0.2, 0.25) is 0 Å². The molecule has 0 aliphatic rings. The number of halogens is 1. The van der Waals surface area contributed by atoms with E-state index >= 15 is 0 Å². The van der Waals surface area contributed by atoms with Crippen molar-refractivity contribution in [3.63, 3.8) is 0 Å². The lowest BCUT2D eigenvalue weighted by Gasteiger charge is -2.19. The highest BCUT2D eigenvalue weighted by Crippen LogP contribution is 2.20. The molecular weight excluding hydrogens is 328 g/mol. The van der Waals surface area contributed by atoms with Crippen molar-refractivity contribution in [3.8, 4) is 5.75 Å². The van der Waals surface area contributed by atoms with E-state index in [1.807, 2.05) is 12.1 Å². The lowest BCUT2D eigenvalue weighted by atomic mass is 9.95. The Hall–Kier alpha value is -2.33. The topological polar surface area (TPSA) is 63.6 Å². The SMILES string of the molecule is CC(C)(COc1ccc(C(=O)Cc2ccc(Cl)cc2)cc1)C(=O)O. The first-order valence-corrected chi connectivity index (χ1v) is 7.89. The number of hydrogen-bond acceptors (Lipinski definition) is 3. The first kappa shape index (κ1) is 18.0. The highest BCUT2D eigenvalue weighted by atomic mass is 35.5. The van der Waals surface area contributed by atoms with Gasteiger partial charge in [0, 0.05) is 17.0 Å². The van der Waals surface area contributed by atoms with E-state index in [0.717, 1.165) is 5.56 Å². The number of carboxylic acid groups (broad SMARTS) is 1. The monoisotopic (exact) mass is 346 g/mol. The molecule has 0 radical (unpaired) electrons. The fraction of sp³-hybridized carbons (Fsp3) is 0.263. The molecule has 0 saturated heterocycles. The minimum atomic E-state index is -0.969. The van der Waals surface area contributed by atoms with Crippen LogP contribution in [0.3, 0.4) is 0 Å². The lowest BCUT2D eigenvalue weighted by molar-refractivity contribution is -0.148. The predicted molar refractivity (Wildman–Crippen MR) is 92.8 cm³/mol. The first-order valence-electron chi connectivity index (χ1n) is 7.52. The van der Waals surface area contributed by atoms with E-state index in [-0.39, 0.29) is 12.4 Å². The molecule has 0 amide bonds. The van der Waals surface area contributed by atoms with Gasteiger partial charge in [-0.3, -0.25) is 9.59 Å². The van der Waals surface area contributed by atoms with Gasteiger partial charge in [-0.25, -0.2) is 0 Å². The summed E-state index contributed by atoms with van der Waals surface area (Å²) in [5.41, 5.74) is 0.506. The minimum Gasteiger partial charge on any atom is -0.492 e. The standard InChI is InChI=1S/C19H19ClO4/c1-19(2,18(22)23)12-24-16-9-5-14(6-10-16)17(21)11-13-3-7-15(20)8-4-13/h3-10H,11-12H2,1-2H3,(H,22,23). The van der Waals surface area contributed by atoms with Gasteiger partial charge >= 0.3 is 5.97 Å². The van der Waals surface area contributed by atoms with Crippen LogP contribution < -0.4 is 4.74 Å². The van der Waals surface area contributed by atoms with Crippen LogP contribution >= 0.6 is 11.6 Å². The van der Waals surface area contributed by atoms with Gasteiger partial charge in [0.05, 0.1) is 5.41 Å². The number of carboxylic acids is 1. The maximum absolute atomic E-state index is 12.3. The third-order valence-electron chi connectivity index (χ3n) is 3.63. The molecule has 2 aromatic rings. The van der Waals surface area contributed by atoms with Crippen molar-refractivity contribution < 1.29 is 19.4 Å². The molecule has 2 rings (SSSR count). The van der Waals surface area contributed by atoms with Crippen molar-refractivity contribution in [2.75, 3.05) is 6.61 Å². The molecule has 24 heavy (non-hydrogen) atoms. The number of hydrogen-bond donors (Lipinski definition) is 1. The molecule has 0 aliphatic heterocycles. The highest BCUT2D eigenvalue weighted by Gasteiger charge is 2.28. The molecule has 0 aromatic heterocycles. The molecule has 0 saturated carbocycles. The zero-order valence-corrected chi connectivity index (χ0v) is 14.3. The van der Waals surface area contributed by atoms with Gasteiger partial charge in [-0.1, -0.05) is 23.7 Å². The van der Waals surface area contributed by atoms with Crippen molar-refractivity contribution in [1.82, 2.24) is 0 Å². The quantitative estimate of drug-likeness (QED) is 0.761. The Labute approximate surface area is 146 Å². The minimum absolute atomic E-state index is 0.00487. The molecular formula is C19H19ClO4. The Bertz CT molecular complexity index is 718. The van der Waals surface area contributed by atoms with E-state index in [1.54, 1.807) is 50.2 Å². The van der Waals surface area contributed by atoms with Gasteiger partial charge in [-0.15, -0.1) is 0 Å². The van der Waals surface area contributed by atoms with Gasteiger partial charge in [-0.05, 0) is 55.8 Å². The highest BCUT2D eigenvalue weighted by molar-refractivity contribution is 6.30. The molecule has 126 valence electrons. The Morgan fingerprint density at radius 2 is 1.62 bits per heavy atom. The molecule has 0 atom stereocenters. The number of ketones is 1. The van der Waals surface area contributed by atoms with Crippen LogP contribution in [0.4, 0.5) is 0 Å². The van der Waals surface area contributed by atoms with Crippen molar-refractivity contribution >= 4 is 23.4 Å². The average molecular weight is 347 g/mol. The molecule has 0 aliphatic carbocycles. The summed E-state index contributed by atoms with van der Waals surface area (Å²) >= 11 is 5.83. The Morgan fingerprint density at radius 3 is 2.17 bits per heavy atom. The van der Waals surface area contributed by atoms with Crippen LogP contribution in [-0.2, 0) is 11.2 Å². The second-order valence-corrected chi connectivity index (χ2v) is 6.66. The molecule has 0 unspecified atom stereocenters. The summed E-state index contributed by atoms with van der Waals surface area (Å²) in [6.45, 7) is 3.25. The van der Waals surface area contributed by atoms with E-state index < -0.39 is 11.4 Å². The lowest BCUT2D eigenvalue weighted by Crippen LogP contribution is -2.30. The van der Waals surface area contributed by atoms with E-state index in [4.69, 9.17) is 21.4 Å². The second-order valence-electron chi connectivity index (χ2n) is 6.23. The summed E-state index contributed by atoms with van der Waals surface area (Å²) < 4.78 is 5.49. The predicted octanol–water partition coefficient (Wildman–Crippen LogP) is 4.26. The number of rotatable bonds is 7. The summed E-state index contributed by atoms with van der Waals surface area (Å²) in [7, 11) is 0. The van der Waals surface area contributed by atoms with Crippen LogP contribution in [-0.4, -0.2) is 23.5 Å². The molecule has 1 N–H and O–H groups in total. The largest absolute Gasteiger partial charge is 0.492 e. The van der Waals surface area contributed by atoms with Crippen molar-refractivity contribution in [1.29, 1.82) is 0 Å². The Kier molecular flexibility index (Phi) is 5.62. The molecule has 2 aromatic carbocycles.